The molecule has 0 unspecified atom stereocenters. The van der Waals surface area contributed by atoms with Crippen molar-refractivity contribution in [1.29, 1.82) is 0 Å². The number of ether oxygens (including phenoxy) is 1. The molecule has 1 aromatic rings. The second-order valence-corrected chi connectivity index (χ2v) is 3.56. The van der Waals surface area contributed by atoms with Gasteiger partial charge in [0.2, 0.25) is 5.88 Å². The average molecular weight is 193 g/mol. The number of rotatable bonds is 4. The summed E-state index contributed by atoms with van der Waals surface area (Å²) in [6.07, 6.45) is 2.27. The van der Waals surface area contributed by atoms with E-state index in [0.29, 0.717) is 5.92 Å². The highest BCUT2D eigenvalue weighted by Gasteiger charge is 2.13. The van der Waals surface area contributed by atoms with Crippen LogP contribution in [0.25, 0.3) is 0 Å². The molecule has 78 valence electrons. The molecule has 1 aromatic heterocycles. The maximum absolute atomic E-state index is 5.30. The van der Waals surface area contributed by atoms with E-state index in [0.717, 1.165) is 24.4 Å². The average Bonchev–Trinajstić information content (AvgIpc) is 2.21. The molecule has 1 heterocycles. The Balaban J connectivity index is 3.06. The van der Waals surface area contributed by atoms with Gasteiger partial charge in [0.25, 0.3) is 0 Å². The number of hydrogen-bond acceptors (Lipinski definition) is 2. The lowest BCUT2D eigenvalue weighted by Crippen LogP contribution is -2.02. The number of hydrogen-bond donors (Lipinski definition) is 0. The predicted molar refractivity (Wildman–Crippen MR) is 58.8 cm³/mol. The molecule has 0 aliphatic heterocycles. The van der Waals surface area contributed by atoms with Crippen LogP contribution < -0.4 is 4.74 Å². The van der Waals surface area contributed by atoms with Gasteiger partial charge in [-0.25, -0.2) is 4.98 Å². The van der Waals surface area contributed by atoms with Gasteiger partial charge in [-0.1, -0.05) is 19.9 Å². The molecular weight excluding hydrogens is 174 g/mol. The van der Waals surface area contributed by atoms with E-state index in [1.165, 1.54) is 5.56 Å². The van der Waals surface area contributed by atoms with Crippen molar-refractivity contribution in [1.82, 2.24) is 4.98 Å². The van der Waals surface area contributed by atoms with Gasteiger partial charge in [-0.3, -0.25) is 0 Å². The third-order valence-electron chi connectivity index (χ3n) is 2.65. The molecule has 0 spiro atoms. The largest absolute Gasteiger partial charge is 0.481 e. The summed E-state index contributed by atoms with van der Waals surface area (Å²) in [5.41, 5.74) is 2.25. The van der Waals surface area contributed by atoms with E-state index >= 15 is 0 Å². The Morgan fingerprint density at radius 3 is 2.43 bits per heavy atom. The third-order valence-corrected chi connectivity index (χ3v) is 2.65. The zero-order chi connectivity index (χ0) is 10.6. The van der Waals surface area contributed by atoms with E-state index in [4.69, 9.17) is 4.74 Å². The Labute approximate surface area is 86.3 Å². The molecule has 0 saturated carbocycles. The SMILES string of the molecule is CCC(CC)c1ccc(C)nc1OC. The van der Waals surface area contributed by atoms with Gasteiger partial charge < -0.3 is 4.74 Å². The van der Waals surface area contributed by atoms with Gasteiger partial charge in [0.1, 0.15) is 0 Å². The summed E-state index contributed by atoms with van der Waals surface area (Å²) in [6.45, 7) is 6.39. The van der Waals surface area contributed by atoms with Gasteiger partial charge in [-0.2, -0.15) is 0 Å². The predicted octanol–water partition coefficient (Wildman–Crippen LogP) is 3.30. The number of methoxy groups -OCH3 is 1. The van der Waals surface area contributed by atoms with Crippen LogP contribution in [0, 0.1) is 6.92 Å². The van der Waals surface area contributed by atoms with Crippen molar-refractivity contribution in [2.75, 3.05) is 7.11 Å². The van der Waals surface area contributed by atoms with Crippen LogP contribution >= 0.6 is 0 Å². The van der Waals surface area contributed by atoms with Crippen LogP contribution in [-0.2, 0) is 0 Å². The van der Waals surface area contributed by atoms with E-state index in [1.807, 2.05) is 6.92 Å². The smallest absolute Gasteiger partial charge is 0.216 e. The first-order chi connectivity index (χ1) is 6.72. The molecule has 0 aromatic carbocycles. The topological polar surface area (TPSA) is 22.1 Å². The van der Waals surface area contributed by atoms with E-state index in [1.54, 1.807) is 7.11 Å². The van der Waals surface area contributed by atoms with Crippen LogP contribution in [0.1, 0.15) is 43.9 Å². The van der Waals surface area contributed by atoms with E-state index in [2.05, 4.69) is 31.0 Å². The fraction of sp³-hybridized carbons (Fsp3) is 0.583. The maximum Gasteiger partial charge on any atom is 0.216 e. The molecule has 0 amide bonds. The minimum Gasteiger partial charge on any atom is -0.481 e. The number of aryl methyl sites for hydroxylation is 1. The minimum atomic E-state index is 0.568. The lowest BCUT2D eigenvalue weighted by Gasteiger charge is -2.15. The minimum absolute atomic E-state index is 0.568. The third kappa shape index (κ3) is 2.25. The Kier molecular flexibility index (Phi) is 3.93. The van der Waals surface area contributed by atoms with Crippen molar-refractivity contribution in [3.8, 4) is 5.88 Å². The Morgan fingerprint density at radius 1 is 1.29 bits per heavy atom. The van der Waals surface area contributed by atoms with Crippen molar-refractivity contribution in [2.24, 2.45) is 0 Å². The molecule has 0 radical (unpaired) electrons. The lowest BCUT2D eigenvalue weighted by atomic mass is 9.95. The van der Waals surface area contributed by atoms with E-state index in [9.17, 15) is 0 Å². The summed E-state index contributed by atoms with van der Waals surface area (Å²) in [6, 6.07) is 4.19. The highest BCUT2D eigenvalue weighted by atomic mass is 16.5. The first-order valence-corrected chi connectivity index (χ1v) is 5.24. The van der Waals surface area contributed by atoms with Crippen molar-refractivity contribution >= 4 is 0 Å². The van der Waals surface area contributed by atoms with E-state index in [-0.39, 0.29) is 0 Å². The van der Waals surface area contributed by atoms with Gasteiger partial charge in [0.05, 0.1) is 7.11 Å². The van der Waals surface area contributed by atoms with Gasteiger partial charge in [-0.05, 0) is 31.7 Å². The zero-order valence-corrected chi connectivity index (χ0v) is 9.50. The normalized spacial score (nSPS) is 10.6. The van der Waals surface area contributed by atoms with E-state index < -0.39 is 0 Å². The highest BCUT2D eigenvalue weighted by Crippen LogP contribution is 2.29. The Hall–Kier alpha value is -1.05. The molecule has 14 heavy (non-hydrogen) atoms. The molecule has 0 saturated heterocycles. The quantitative estimate of drug-likeness (QED) is 0.732. The van der Waals surface area contributed by atoms with Gasteiger partial charge >= 0.3 is 0 Å². The first kappa shape index (κ1) is 11.0. The molecule has 0 N–H and O–H groups in total. The summed E-state index contributed by atoms with van der Waals surface area (Å²) in [7, 11) is 1.69. The fourth-order valence-electron chi connectivity index (χ4n) is 1.75. The summed E-state index contributed by atoms with van der Waals surface area (Å²) >= 11 is 0. The Morgan fingerprint density at radius 2 is 1.93 bits per heavy atom. The van der Waals surface area contributed by atoms with Crippen molar-refractivity contribution in [3.05, 3.63) is 23.4 Å². The van der Waals surface area contributed by atoms with Crippen molar-refractivity contribution < 1.29 is 4.74 Å². The van der Waals surface area contributed by atoms with Crippen molar-refractivity contribution in [3.63, 3.8) is 0 Å². The van der Waals surface area contributed by atoms with Crippen LogP contribution in [0.2, 0.25) is 0 Å². The van der Waals surface area contributed by atoms with Crippen LogP contribution in [0.15, 0.2) is 12.1 Å². The van der Waals surface area contributed by atoms with Crippen LogP contribution in [0.4, 0.5) is 0 Å². The molecule has 1 rings (SSSR count). The first-order valence-electron chi connectivity index (χ1n) is 5.24. The number of aromatic nitrogens is 1. The van der Waals surface area contributed by atoms with Gasteiger partial charge in [-0.15, -0.1) is 0 Å². The zero-order valence-electron chi connectivity index (χ0n) is 9.50. The summed E-state index contributed by atoms with van der Waals surface area (Å²) < 4.78 is 5.30. The molecule has 0 aliphatic rings. The van der Waals surface area contributed by atoms with Gasteiger partial charge in [0, 0.05) is 11.3 Å². The Bertz CT molecular complexity index is 292. The molecule has 0 aliphatic carbocycles. The summed E-state index contributed by atoms with van der Waals surface area (Å²) in [5, 5.41) is 0. The monoisotopic (exact) mass is 193 g/mol. The second-order valence-electron chi connectivity index (χ2n) is 3.56. The highest BCUT2D eigenvalue weighted by molar-refractivity contribution is 5.31. The number of pyridine rings is 1. The standard InChI is InChI=1S/C12H19NO/c1-5-10(6-2)11-8-7-9(3)13-12(11)14-4/h7-8,10H,5-6H2,1-4H3. The number of nitrogens with zero attached hydrogens (tertiary/aromatic N) is 1. The molecule has 0 fully saturated rings. The molecule has 2 nitrogen and oxygen atoms in total. The summed E-state index contributed by atoms with van der Waals surface area (Å²) in [4.78, 5) is 4.39. The molecule has 2 heteroatoms. The fourth-order valence-corrected chi connectivity index (χ4v) is 1.75. The second kappa shape index (κ2) is 4.99. The van der Waals surface area contributed by atoms with Crippen LogP contribution in [0.5, 0.6) is 5.88 Å². The van der Waals surface area contributed by atoms with Crippen LogP contribution in [-0.4, -0.2) is 12.1 Å². The van der Waals surface area contributed by atoms with Gasteiger partial charge in [0.15, 0.2) is 0 Å². The van der Waals surface area contributed by atoms with Crippen LogP contribution in [0.3, 0.4) is 0 Å². The molecule has 0 bridgehead atoms. The maximum atomic E-state index is 5.30. The summed E-state index contributed by atoms with van der Waals surface area (Å²) in [5.74, 6) is 1.36. The molecular formula is C12H19NO. The molecule has 0 atom stereocenters. The van der Waals surface area contributed by atoms with Crippen molar-refractivity contribution in [2.45, 2.75) is 39.5 Å². The lowest BCUT2D eigenvalue weighted by molar-refractivity contribution is 0.385.